The van der Waals surface area contributed by atoms with E-state index >= 15 is 0 Å². The second-order valence-electron chi connectivity index (χ2n) is 6.02. The van der Waals surface area contributed by atoms with Crippen molar-refractivity contribution in [1.29, 1.82) is 0 Å². The second-order valence-corrected chi connectivity index (χ2v) is 6.02. The summed E-state index contributed by atoms with van der Waals surface area (Å²) in [5.74, 6) is 2.21. The highest BCUT2D eigenvalue weighted by atomic mass is 16.5. The van der Waals surface area contributed by atoms with Gasteiger partial charge in [-0.05, 0) is 25.7 Å². The molecule has 1 aliphatic carbocycles. The number of carbonyl (C=O) groups excluding carboxylic acids is 1. The monoisotopic (exact) mass is 264 g/mol. The zero-order valence-corrected chi connectivity index (χ0v) is 12.5. The third-order valence-corrected chi connectivity index (χ3v) is 4.58. The molecule has 2 unspecified atom stereocenters. The third-order valence-electron chi connectivity index (χ3n) is 4.58. The first-order valence-corrected chi connectivity index (χ1v) is 7.13. The molecule has 106 valence electrons. The number of rotatable bonds is 4. The zero-order valence-electron chi connectivity index (χ0n) is 12.5. The lowest BCUT2D eigenvalue weighted by Gasteiger charge is -2.31. The van der Waals surface area contributed by atoms with Crippen LogP contribution in [0, 0.1) is 18.8 Å². The third kappa shape index (κ3) is 2.53. The van der Waals surface area contributed by atoms with Gasteiger partial charge in [0.15, 0.2) is 0 Å². The molecular weight excluding hydrogens is 240 g/mol. The maximum absolute atomic E-state index is 11.7. The van der Waals surface area contributed by atoms with Gasteiger partial charge in [-0.1, -0.05) is 25.9 Å². The molecule has 0 aliphatic heterocycles. The second kappa shape index (κ2) is 5.35. The molecule has 0 aromatic carbocycles. The SMILES string of the molecule is CNC(=O)C(C)C(C)c1onc(C2CC(C)C2)c1C. The number of amides is 1. The molecule has 1 aromatic heterocycles. The van der Waals surface area contributed by atoms with E-state index in [9.17, 15) is 4.79 Å². The minimum Gasteiger partial charge on any atom is -0.361 e. The van der Waals surface area contributed by atoms with Crippen molar-refractivity contribution in [1.82, 2.24) is 10.5 Å². The van der Waals surface area contributed by atoms with Gasteiger partial charge in [0.2, 0.25) is 5.91 Å². The summed E-state index contributed by atoms with van der Waals surface area (Å²) in [6, 6.07) is 0. The number of nitrogens with one attached hydrogen (secondary N) is 1. The van der Waals surface area contributed by atoms with E-state index in [2.05, 4.69) is 24.3 Å². The van der Waals surface area contributed by atoms with Crippen LogP contribution in [0.1, 0.15) is 62.5 Å². The Morgan fingerprint density at radius 3 is 2.58 bits per heavy atom. The molecule has 0 bridgehead atoms. The molecule has 1 aliphatic rings. The highest BCUT2D eigenvalue weighted by molar-refractivity contribution is 5.78. The molecule has 0 saturated heterocycles. The van der Waals surface area contributed by atoms with E-state index in [0.717, 1.165) is 22.9 Å². The Morgan fingerprint density at radius 1 is 1.42 bits per heavy atom. The van der Waals surface area contributed by atoms with Crippen molar-refractivity contribution in [3.05, 3.63) is 17.0 Å². The lowest BCUT2D eigenvalue weighted by Crippen LogP contribution is -2.28. The fourth-order valence-corrected chi connectivity index (χ4v) is 2.97. The standard InChI is InChI=1S/C15H24N2O2/c1-8-6-12(7-8)13-11(4)14(19-17-13)9(2)10(3)15(18)16-5/h8-10,12H,6-7H2,1-5H3,(H,16,18). The summed E-state index contributed by atoms with van der Waals surface area (Å²) in [5, 5.41) is 6.95. The summed E-state index contributed by atoms with van der Waals surface area (Å²) in [4.78, 5) is 11.7. The lowest BCUT2D eigenvalue weighted by molar-refractivity contribution is -0.124. The Balaban J connectivity index is 2.15. The van der Waals surface area contributed by atoms with Crippen molar-refractivity contribution in [2.24, 2.45) is 11.8 Å². The van der Waals surface area contributed by atoms with Crippen LogP contribution in [0.4, 0.5) is 0 Å². The predicted octanol–water partition coefficient (Wildman–Crippen LogP) is 2.98. The van der Waals surface area contributed by atoms with Crippen LogP contribution >= 0.6 is 0 Å². The van der Waals surface area contributed by atoms with E-state index in [1.165, 1.54) is 12.8 Å². The molecule has 1 aromatic rings. The number of aromatic nitrogens is 1. The van der Waals surface area contributed by atoms with Gasteiger partial charge in [0.05, 0.1) is 5.69 Å². The minimum atomic E-state index is -0.107. The summed E-state index contributed by atoms with van der Waals surface area (Å²) in [5.41, 5.74) is 2.24. The molecule has 4 heteroatoms. The average molecular weight is 264 g/mol. The van der Waals surface area contributed by atoms with Gasteiger partial charge >= 0.3 is 0 Å². The number of hydrogen-bond donors (Lipinski definition) is 1. The van der Waals surface area contributed by atoms with E-state index in [4.69, 9.17) is 4.52 Å². The summed E-state index contributed by atoms with van der Waals surface area (Å²) >= 11 is 0. The van der Waals surface area contributed by atoms with Crippen LogP contribution in [0.2, 0.25) is 0 Å². The maximum Gasteiger partial charge on any atom is 0.223 e. The maximum atomic E-state index is 11.7. The molecule has 4 nitrogen and oxygen atoms in total. The molecule has 1 amide bonds. The van der Waals surface area contributed by atoms with Crippen LogP contribution in [0.25, 0.3) is 0 Å². The van der Waals surface area contributed by atoms with Crippen LogP contribution in [0.15, 0.2) is 4.52 Å². The van der Waals surface area contributed by atoms with Crippen molar-refractivity contribution in [2.75, 3.05) is 7.05 Å². The molecule has 1 heterocycles. The highest BCUT2D eigenvalue weighted by Gasteiger charge is 2.33. The van der Waals surface area contributed by atoms with Gasteiger partial charge in [0.1, 0.15) is 5.76 Å². The van der Waals surface area contributed by atoms with E-state index < -0.39 is 0 Å². The lowest BCUT2D eigenvalue weighted by atomic mass is 9.73. The minimum absolute atomic E-state index is 0.0436. The first kappa shape index (κ1) is 14.1. The highest BCUT2D eigenvalue weighted by Crippen LogP contribution is 2.43. The van der Waals surface area contributed by atoms with Gasteiger partial charge in [-0.2, -0.15) is 0 Å². The predicted molar refractivity (Wildman–Crippen MR) is 74.0 cm³/mol. The van der Waals surface area contributed by atoms with Gasteiger partial charge < -0.3 is 9.84 Å². The van der Waals surface area contributed by atoms with Crippen LogP contribution in [0.3, 0.4) is 0 Å². The molecule has 19 heavy (non-hydrogen) atoms. The molecule has 1 fully saturated rings. The Bertz CT molecular complexity index is 461. The van der Waals surface area contributed by atoms with Crippen molar-refractivity contribution in [2.45, 2.75) is 52.4 Å². The number of nitrogens with zero attached hydrogens (tertiary/aromatic N) is 1. The van der Waals surface area contributed by atoms with Crippen LogP contribution in [-0.2, 0) is 4.79 Å². The van der Waals surface area contributed by atoms with Crippen molar-refractivity contribution in [3.8, 4) is 0 Å². The average Bonchev–Trinajstić information content (AvgIpc) is 2.74. The summed E-state index contributed by atoms with van der Waals surface area (Å²) in [7, 11) is 1.67. The molecule has 0 radical (unpaired) electrons. The first-order chi connectivity index (χ1) is 8.95. The van der Waals surface area contributed by atoms with Crippen molar-refractivity contribution < 1.29 is 9.32 Å². The Kier molecular flexibility index (Phi) is 3.97. The van der Waals surface area contributed by atoms with Gasteiger partial charge in [0, 0.05) is 30.4 Å². The summed E-state index contributed by atoms with van der Waals surface area (Å²) in [6.45, 7) is 8.29. The smallest absolute Gasteiger partial charge is 0.223 e. The number of hydrogen-bond acceptors (Lipinski definition) is 3. The Hall–Kier alpha value is -1.32. The van der Waals surface area contributed by atoms with Crippen LogP contribution < -0.4 is 5.32 Å². The molecule has 0 spiro atoms. The number of carbonyl (C=O) groups is 1. The molecule has 1 saturated carbocycles. The van der Waals surface area contributed by atoms with Gasteiger partial charge in [0.25, 0.3) is 0 Å². The van der Waals surface area contributed by atoms with Gasteiger partial charge in [-0.25, -0.2) is 0 Å². The van der Waals surface area contributed by atoms with Crippen LogP contribution in [0.5, 0.6) is 0 Å². The van der Waals surface area contributed by atoms with E-state index in [0.29, 0.717) is 5.92 Å². The normalized spacial score (nSPS) is 25.5. The largest absolute Gasteiger partial charge is 0.361 e. The fraction of sp³-hybridized carbons (Fsp3) is 0.733. The zero-order chi connectivity index (χ0) is 14.2. The van der Waals surface area contributed by atoms with Gasteiger partial charge in [-0.15, -0.1) is 0 Å². The molecule has 1 N–H and O–H groups in total. The van der Waals surface area contributed by atoms with Gasteiger partial charge in [-0.3, -0.25) is 4.79 Å². The molecule has 2 rings (SSSR count). The molecular formula is C15H24N2O2. The quantitative estimate of drug-likeness (QED) is 0.909. The van der Waals surface area contributed by atoms with E-state index in [-0.39, 0.29) is 17.7 Å². The summed E-state index contributed by atoms with van der Waals surface area (Å²) < 4.78 is 5.54. The summed E-state index contributed by atoms with van der Waals surface area (Å²) in [6.07, 6.45) is 2.40. The molecule has 2 atom stereocenters. The van der Waals surface area contributed by atoms with E-state index in [1.807, 2.05) is 13.8 Å². The topological polar surface area (TPSA) is 55.1 Å². The first-order valence-electron chi connectivity index (χ1n) is 7.13. The van der Waals surface area contributed by atoms with Crippen LogP contribution in [-0.4, -0.2) is 18.1 Å². The van der Waals surface area contributed by atoms with Crippen molar-refractivity contribution in [3.63, 3.8) is 0 Å². The Morgan fingerprint density at radius 2 is 2.05 bits per heavy atom. The Labute approximate surface area is 114 Å². The van der Waals surface area contributed by atoms with E-state index in [1.54, 1.807) is 7.05 Å². The fourth-order valence-electron chi connectivity index (χ4n) is 2.97. The van der Waals surface area contributed by atoms with Crippen molar-refractivity contribution >= 4 is 5.91 Å².